The van der Waals surface area contributed by atoms with E-state index in [-0.39, 0.29) is 44.3 Å². The SMILES string of the molecule is C.CC12CCC(CCO)(O1)[C@H]1C(=O)N(c3ccc(C#N)c4ccccc34)C(=O)[C@H]12.[C-]#[N+]c1ccc(N2C(=O)[C@@H]3[C@H](C2=O)C2(C)CCC3(CCO)O2)c2ccccc12. The van der Waals surface area contributed by atoms with Gasteiger partial charge in [0.15, 0.2) is 5.69 Å². The number of hydrogen-bond donors (Lipinski definition) is 2. The number of nitrogens with zero attached hydrogens (tertiary/aromatic N) is 4. The molecule has 6 fully saturated rings. The molecule has 6 saturated heterocycles. The first kappa shape index (κ1) is 38.4. The van der Waals surface area contributed by atoms with E-state index in [0.717, 1.165) is 10.8 Å². The van der Waals surface area contributed by atoms with Crippen LogP contribution in [0.25, 0.3) is 26.4 Å². The zero-order chi connectivity index (χ0) is 39.4. The molecule has 6 aliphatic heterocycles. The average molecular weight is 769 g/mol. The highest BCUT2D eigenvalue weighted by Crippen LogP contribution is 2.64. The van der Waals surface area contributed by atoms with Gasteiger partial charge in [-0.05, 0) is 68.5 Å². The zero-order valence-corrected chi connectivity index (χ0v) is 31.0. The van der Waals surface area contributed by atoms with E-state index in [4.69, 9.17) is 16.0 Å². The van der Waals surface area contributed by atoms with Crippen LogP contribution in [0.2, 0.25) is 0 Å². The van der Waals surface area contributed by atoms with Gasteiger partial charge >= 0.3 is 0 Å². The number of ether oxygens (including phenoxy) is 2. The summed E-state index contributed by atoms with van der Waals surface area (Å²) in [5.74, 6) is -3.20. The molecule has 292 valence electrons. The molecule has 6 aliphatic rings. The molecule has 8 atom stereocenters. The van der Waals surface area contributed by atoms with Crippen LogP contribution in [0.4, 0.5) is 17.1 Å². The number of carbonyl (C=O) groups is 4. The van der Waals surface area contributed by atoms with Crippen molar-refractivity contribution in [3.8, 4) is 6.07 Å². The van der Waals surface area contributed by atoms with Gasteiger partial charge in [0.1, 0.15) is 0 Å². The summed E-state index contributed by atoms with van der Waals surface area (Å²) in [6.45, 7) is 11.0. The average Bonchev–Trinajstić information content (AvgIpc) is 3.99. The molecular formula is C45H44N4O8. The van der Waals surface area contributed by atoms with Gasteiger partial charge < -0.3 is 19.7 Å². The Morgan fingerprint density at radius 1 is 0.667 bits per heavy atom. The van der Waals surface area contributed by atoms with Crippen LogP contribution in [0, 0.1) is 41.6 Å². The fraction of sp³-hybridized carbons (Fsp3) is 0.422. The number of rotatable bonds is 6. The van der Waals surface area contributed by atoms with Gasteiger partial charge in [-0.3, -0.25) is 19.2 Å². The van der Waals surface area contributed by atoms with E-state index in [1.54, 1.807) is 24.3 Å². The van der Waals surface area contributed by atoms with E-state index in [1.165, 1.54) is 9.80 Å². The Morgan fingerprint density at radius 3 is 1.54 bits per heavy atom. The van der Waals surface area contributed by atoms with Crippen molar-refractivity contribution >= 4 is 62.2 Å². The van der Waals surface area contributed by atoms with Gasteiger partial charge in [0, 0.05) is 36.8 Å². The molecule has 6 heterocycles. The molecule has 10 rings (SSSR count). The summed E-state index contributed by atoms with van der Waals surface area (Å²) in [6, 6.07) is 23.5. The predicted molar refractivity (Wildman–Crippen MR) is 211 cm³/mol. The van der Waals surface area contributed by atoms with Crippen molar-refractivity contribution in [1.82, 2.24) is 0 Å². The fourth-order valence-electron chi connectivity index (χ4n) is 11.2. The van der Waals surface area contributed by atoms with Crippen LogP contribution in [-0.4, -0.2) is 69.5 Å². The van der Waals surface area contributed by atoms with Crippen molar-refractivity contribution in [3.05, 3.63) is 89.8 Å². The summed E-state index contributed by atoms with van der Waals surface area (Å²) in [6.07, 6.45) is 3.47. The van der Waals surface area contributed by atoms with Crippen LogP contribution in [0.1, 0.15) is 65.4 Å². The third-order valence-corrected chi connectivity index (χ3v) is 13.6. The number of benzene rings is 4. The molecule has 4 aromatic carbocycles. The lowest BCUT2D eigenvalue weighted by atomic mass is 9.67. The lowest BCUT2D eigenvalue weighted by molar-refractivity contribution is -0.133. The maximum atomic E-state index is 13.5. The Kier molecular flexibility index (Phi) is 8.95. The number of imide groups is 2. The predicted octanol–water partition coefficient (Wildman–Crippen LogP) is 6.36. The fourth-order valence-corrected chi connectivity index (χ4v) is 11.2. The summed E-state index contributed by atoms with van der Waals surface area (Å²) in [5.41, 5.74) is -0.843. The second-order valence-corrected chi connectivity index (χ2v) is 16.4. The lowest BCUT2D eigenvalue weighted by Crippen LogP contribution is -2.42. The van der Waals surface area contributed by atoms with Gasteiger partial charge in [0.2, 0.25) is 23.6 Å². The highest BCUT2D eigenvalue weighted by Gasteiger charge is 2.75. The van der Waals surface area contributed by atoms with Gasteiger partial charge in [-0.2, -0.15) is 5.26 Å². The van der Waals surface area contributed by atoms with Gasteiger partial charge in [0.25, 0.3) is 0 Å². The van der Waals surface area contributed by atoms with Crippen molar-refractivity contribution in [3.63, 3.8) is 0 Å². The Bertz CT molecular complexity index is 2310. The number of nitriles is 1. The first-order valence-electron chi connectivity index (χ1n) is 19.1. The van der Waals surface area contributed by atoms with E-state index in [1.807, 2.05) is 62.4 Å². The third-order valence-electron chi connectivity index (χ3n) is 13.6. The molecule has 4 unspecified atom stereocenters. The Hall–Kier alpha value is -5.50. The molecule has 12 heteroatoms. The highest BCUT2D eigenvalue weighted by molar-refractivity contribution is 6.27. The monoisotopic (exact) mass is 768 g/mol. The molecule has 0 saturated carbocycles. The number of anilines is 2. The molecule has 57 heavy (non-hydrogen) atoms. The van der Waals surface area contributed by atoms with E-state index >= 15 is 0 Å². The number of hydrogen-bond acceptors (Lipinski definition) is 9. The minimum Gasteiger partial charge on any atom is -0.396 e. The van der Waals surface area contributed by atoms with Crippen LogP contribution >= 0.6 is 0 Å². The summed E-state index contributed by atoms with van der Waals surface area (Å²) < 4.78 is 12.5. The number of aliphatic hydroxyl groups is 2. The Balaban J connectivity index is 0.000000157. The maximum absolute atomic E-state index is 13.5. The molecule has 4 amide bonds. The largest absolute Gasteiger partial charge is 0.396 e. The minimum absolute atomic E-state index is 0. The second kappa shape index (κ2) is 13.3. The van der Waals surface area contributed by atoms with Gasteiger partial charge in [-0.1, -0.05) is 62.0 Å². The van der Waals surface area contributed by atoms with Crippen molar-refractivity contribution in [1.29, 1.82) is 5.26 Å². The summed E-state index contributed by atoms with van der Waals surface area (Å²) in [4.78, 5) is 60.0. The Labute approximate surface area is 330 Å². The lowest BCUT2D eigenvalue weighted by Gasteiger charge is -2.30. The maximum Gasteiger partial charge on any atom is 0.240 e. The second-order valence-electron chi connectivity index (χ2n) is 16.4. The van der Waals surface area contributed by atoms with Gasteiger partial charge in [-0.15, -0.1) is 0 Å². The molecule has 4 bridgehead atoms. The van der Waals surface area contributed by atoms with Crippen molar-refractivity contribution in [2.75, 3.05) is 23.0 Å². The van der Waals surface area contributed by atoms with Gasteiger partial charge in [-0.25, -0.2) is 14.6 Å². The van der Waals surface area contributed by atoms with E-state index in [0.29, 0.717) is 71.9 Å². The molecule has 0 aromatic heterocycles. The molecule has 12 nitrogen and oxygen atoms in total. The number of amides is 4. The van der Waals surface area contributed by atoms with E-state index in [2.05, 4.69) is 10.9 Å². The summed E-state index contributed by atoms with van der Waals surface area (Å²) in [5, 5.41) is 31.4. The van der Waals surface area contributed by atoms with E-state index < -0.39 is 46.1 Å². The molecule has 0 spiro atoms. The van der Waals surface area contributed by atoms with Crippen LogP contribution in [-0.2, 0) is 28.7 Å². The number of carbonyl (C=O) groups excluding carboxylic acids is 4. The quantitative estimate of drug-likeness (QED) is 0.168. The summed E-state index contributed by atoms with van der Waals surface area (Å²) >= 11 is 0. The van der Waals surface area contributed by atoms with Crippen molar-refractivity contribution < 1.29 is 38.9 Å². The summed E-state index contributed by atoms with van der Waals surface area (Å²) in [7, 11) is 0. The highest BCUT2D eigenvalue weighted by atomic mass is 16.5. The molecule has 0 radical (unpaired) electrons. The van der Waals surface area contributed by atoms with Crippen LogP contribution in [0.5, 0.6) is 0 Å². The molecule has 2 N–H and O–H groups in total. The molecule has 0 aliphatic carbocycles. The third kappa shape index (κ3) is 5.11. The number of aliphatic hydroxyl groups excluding tert-OH is 2. The van der Waals surface area contributed by atoms with Crippen LogP contribution in [0.3, 0.4) is 0 Å². The van der Waals surface area contributed by atoms with Crippen molar-refractivity contribution in [2.45, 2.75) is 82.2 Å². The zero-order valence-electron chi connectivity index (χ0n) is 31.0. The number of fused-ring (bicyclic) bond motifs is 12. The van der Waals surface area contributed by atoms with Crippen molar-refractivity contribution in [2.24, 2.45) is 23.7 Å². The Morgan fingerprint density at radius 2 is 1.09 bits per heavy atom. The molecular weight excluding hydrogens is 725 g/mol. The minimum atomic E-state index is -0.766. The topological polar surface area (TPSA) is 162 Å². The van der Waals surface area contributed by atoms with E-state index in [9.17, 15) is 34.7 Å². The molecule has 4 aromatic rings. The van der Waals surface area contributed by atoms with Gasteiger partial charge in [0.05, 0.1) is 75.7 Å². The van der Waals surface area contributed by atoms with Crippen LogP contribution < -0.4 is 9.80 Å². The van der Waals surface area contributed by atoms with Crippen LogP contribution in [0.15, 0.2) is 72.8 Å². The standard InChI is InChI=1S/2C22H20N2O4.CH4/c1-21-9-10-22(28-21,11-12-25)18-17(21)19(26)24(20(18)27)16-8-7-15(23-2)13-5-3-4-6-14(13)16;1-21-8-9-22(28-21,10-11-25)18-17(21)19(26)24(20(18)27)16-7-6-13(12-23)14-4-2-3-5-15(14)16;/h3-8,17-18,25H,9-12H2,1H3;2-7,17-18,25H,8-11H2,1H3;1H4/t2*17-,18+,21?,22?;/m10./s1. The first-order chi connectivity index (χ1) is 26.9. The smallest absolute Gasteiger partial charge is 0.240 e. The normalized spacial score (nSPS) is 32.9. The first-order valence-corrected chi connectivity index (χ1v) is 19.1.